The lowest BCUT2D eigenvalue weighted by Crippen LogP contribution is -2.33. The number of benzene rings is 1. The van der Waals surface area contributed by atoms with E-state index in [9.17, 15) is 22.4 Å². The number of hydrogen-bond acceptors (Lipinski definition) is 4. The van der Waals surface area contributed by atoms with Gasteiger partial charge in [-0.1, -0.05) is 17.7 Å². The van der Waals surface area contributed by atoms with Crippen LogP contribution in [0.1, 0.15) is 42.9 Å². The molecular formula is C22H23ClF4N2O2. The molecule has 1 fully saturated rings. The Kier molecular flexibility index (Phi) is 7.41. The number of Topliss-reactive ketones (excluding diaryl/α,β-unsaturated/α-hetero) is 1. The molecule has 168 valence electrons. The van der Waals surface area contributed by atoms with Crippen LogP contribution in [0.4, 0.5) is 23.2 Å². The highest BCUT2D eigenvalue weighted by Crippen LogP contribution is 2.38. The van der Waals surface area contributed by atoms with E-state index in [2.05, 4.69) is 9.88 Å². The Morgan fingerprint density at radius 3 is 2.61 bits per heavy atom. The van der Waals surface area contributed by atoms with Crippen molar-refractivity contribution in [3.63, 3.8) is 0 Å². The maximum atomic E-state index is 14.4. The maximum absolute atomic E-state index is 14.4. The Morgan fingerprint density at radius 2 is 1.97 bits per heavy atom. The van der Waals surface area contributed by atoms with Gasteiger partial charge in [-0.15, -0.1) is 0 Å². The molecule has 9 heteroatoms. The predicted octanol–water partition coefficient (Wildman–Crippen LogP) is 5.72. The van der Waals surface area contributed by atoms with Crippen molar-refractivity contribution in [2.45, 2.75) is 44.2 Å². The Morgan fingerprint density at radius 1 is 1.26 bits per heavy atom. The van der Waals surface area contributed by atoms with Gasteiger partial charge in [-0.3, -0.25) is 9.78 Å². The standard InChI is InChI=1S/C22H23ClF4N2O2/c1-31-19-4-2-3-16(24)20(19)14-8-11-29(12-9-14)18-7-10-28-17(21(18)23)6-5-15(30)13-22(25,26)27/h2-4,7,10,14H,5-6,8-9,11-13H2,1H3. The number of carbonyl (C=O) groups is 1. The monoisotopic (exact) mass is 458 g/mol. The van der Waals surface area contributed by atoms with E-state index in [1.807, 2.05) is 0 Å². The molecule has 0 saturated carbocycles. The number of carbonyl (C=O) groups excluding carboxylic acids is 1. The average molecular weight is 459 g/mol. The van der Waals surface area contributed by atoms with Gasteiger partial charge >= 0.3 is 6.18 Å². The van der Waals surface area contributed by atoms with Crippen molar-refractivity contribution in [3.8, 4) is 5.75 Å². The number of ether oxygens (including phenoxy) is 1. The molecule has 1 aliphatic heterocycles. The fourth-order valence-corrected chi connectivity index (χ4v) is 4.29. The highest BCUT2D eigenvalue weighted by atomic mass is 35.5. The van der Waals surface area contributed by atoms with Gasteiger partial charge in [0, 0.05) is 31.3 Å². The van der Waals surface area contributed by atoms with Crippen molar-refractivity contribution >= 4 is 23.1 Å². The van der Waals surface area contributed by atoms with Crippen molar-refractivity contribution < 1.29 is 27.1 Å². The number of ketones is 1. The minimum Gasteiger partial charge on any atom is -0.496 e. The summed E-state index contributed by atoms with van der Waals surface area (Å²) in [5.74, 6) is -0.639. The molecule has 4 nitrogen and oxygen atoms in total. The number of hydrogen-bond donors (Lipinski definition) is 0. The molecule has 1 saturated heterocycles. The third-order valence-corrected chi connectivity index (χ3v) is 5.87. The molecule has 0 atom stereocenters. The number of piperidine rings is 1. The average Bonchev–Trinajstić information content (AvgIpc) is 2.72. The van der Waals surface area contributed by atoms with Gasteiger partial charge in [0.05, 0.1) is 23.5 Å². The molecule has 0 aliphatic carbocycles. The third-order valence-electron chi connectivity index (χ3n) is 5.46. The topological polar surface area (TPSA) is 42.4 Å². The first-order valence-electron chi connectivity index (χ1n) is 9.98. The van der Waals surface area contributed by atoms with E-state index >= 15 is 0 Å². The van der Waals surface area contributed by atoms with Crippen LogP contribution in [0.2, 0.25) is 5.02 Å². The fraction of sp³-hybridized carbons (Fsp3) is 0.455. The summed E-state index contributed by atoms with van der Waals surface area (Å²) < 4.78 is 56.7. The van der Waals surface area contributed by atoms with Gasteiger partial charge in [-0.05, 0) is 43.4 Å². The van der Waals surface area contributed by atoms with Crippen molar-refractivity contribution in [2.24, 2.45) is 0 Å². The SMILES string of the molecule is COc1cccc(F)c1C1CCN(c2ccnc(CCC(=O)CC(F)(F)F)c2Cl)CC1. The zero-order valence-electron chi connectivity index (χ0n) is 17.0. The van der Waals surface area contributed by atoms with Crippen molar-refractivity contribution in [1.82, 2.24) is 4.98 Å². The second-order valence-electron chi connectivity index (χ2n) is 7.54. The number of rotatable bonds is 7. The van der Waals surface area contributed by atoms with Crippen LogP contribution >= 0.6 is 11.6 Å². The molecule has 0 unspecified atom stereocenters. The molecule has 0 N–H and O–H groups in total. The number of methoxy groups -OCH3 is 1. The molecule has 0 radical (unpaired) electrons. The highest BCUT2D eigenvalue weighted by molar-refractivity contribution is 6.33. The number of aromatic nitrogens is 1. The van der Waals surface area contributed by atoms with E-state index in [0.29, 0.717) is 53.6 Å². The maximum Gasteiger partial charge on any atom is 0.395 e. The highest BCUT2D eigenvalue weighted by Gasteiger charge is 2.31. The van der Waals surface area contributed by atoms with Gasteiger partial charge in [0.2, 0.25) is 0 Å². The molecule has 1 aromatic heterocycles. The molecule has 1 aromatic carbocycles. The van der Waals surface area contributed by atoms with Crippen LogP contribution in [-0.4, -0.2) is 37.1 Å². The molecule has 2 aromatic rings. The largest absolute Gasteiger partial charge is 0.496 e. The predicted molar refractivity (Wildman–Crippen MR) is 110 cm³/mol. The summed E-state index contributed by atoms with van der Waals surface area (Å²) in [4.78, 5) is 17.7. The Balaban J connectivity index is 1.66. The summed E-state index contributed by atoms with van der Waals surface area (Å²) in [6.45, 7) is 1.25. The summed E-state index contributed by atoms with van der Waals surface area (Å²) in [5.41, 5.74) is 1.69. The number of anilines is 1. The normalized spacial score (nSPS) is 15.2. The lowest BCUT2D eigenvalue weighted by Gasteiger charge is -2.35. The van der Waals surface area contributed by atoms with E-state index in [1.54, 1.807) is 18.2 Å². The lowest BCUT2D eigenvalue weighted by atomic mass is 9.88. The van der Waals surface area contributed by atoms with Crippen molar-refractivity contribution in [1.29, 1.82) is 0 Å². The summed E-state index contributed by atoms with van der Waals surface area (Å²) >= 11 is 6.47. The Bertz CT molecular complexity index is 928. The Labute approximate surface area is 183 Å². The molecule has 3 rings (SSSR count). The molecule has 0 spiro atoms. The van der Waals surface area contributed by atoms with Crippen LogP contribution in [0, 0.1) is 5.82 Å². The lowest BCUT2D eigenvalue weighted by molar-refractivity contribution is -0.152. The van der Waals surface area contributed by atoms with Crippen molar-refractivity contribution in [2.75, 3.05) is 25.1 Å². The van der Waals surface area contributed by atoms with Crippen LogP contribution in [0.3, 0.4) is 0 Å². The molecule has 0 bridgehead atoms. The first-order chi connectivity index (χ1) is 14.7. The van der Waals surface area contributed by atoms with E-state index in [1.165, 1.54) is 19.4 Å². The van der Waals surface area contributed by atoms with Gasteiger partial charge in [-0.25, -0.2) is 4.39 Å². The van der Waals surface area contributed by atoms with Gasteiger partial charge in [0.25, 0.3) is 0 Å². The van der Waals surface area contributed by atoms with Crippen LogP contribution in [-0.2, 0) is 11.2 Å². The van der Waals surface area contributed by atoms with E-state index in [4.69, 9.17) is 16.3 Å². The number of nitrogens with zero attached hydrogens (tertiary/aromatic N) is 2. The summed E-state index contributed by atoms with van der Waals surface area (Å²) in [6.07, 6.45) is -3.27. The molecule has 2 heterocycles. The fourth-order valence-electron chi connectivity index (χ4n) is 3.96. The van der Waals surface area contributed by atoms with Crippen LogP contribution in [0.25, 0.3) is 0 Å². The van der Waals surface area contributed by atoms with Gasteiger partial charge in [0.15, 0.2) is 0 Å². The van der Waals surface area contributed by atoms with Gasteiger partial charge < -0.3 is 9.64 Å². The summed E-state index contributed by atoms with van der Waals surface area (Å²) in [7, 11) is 1.52. The number of halogens is 5. The Hall–Kier alpha value is -2.35. The summed E-state index contributed by atoms with van der Waals surface area (Å²) in [5, 5.41) is 0.337. The molecule has 1 aliphatic rings. The van der Waals surface area contributed by atoms with E-state index < -0.39 is 18.4 Å². The van der Waals surface area contributed by atoms with Crippen LogP contribution < -0.4 is 9.64 Å². The van der Waals surface area contributed by atoms with E-state index in [-0.39, 0.29) is 24.6 Å². The molecule has 31 heavy (non-hydrogen) atoms. The first-order valence-corrected chi connectivity index (χ1v) is 10.4. The second-order valence-corrected chi connectivity index (χ2v) is 7.92. The minimum absolute atomic E-state index is 0.00692. The smallest absolute Gasteiger partial charge is 0.395 e. The third kappa shape index (κ3) is 5.87. The molecular weight excluding hydrogens is 436 g/mol. The molecule has 0 amide bonds. The van der Waals surface area contributed by atoms with Gasteiger partial charge in [0.1, 0.15) is 23.8 Å². The number of aryl methyl sites for hydroxylation is 1. The van der Waals surface area contributed by atoms with Crippen molar-refractivity contribution in [3.05, 3.63) is 52.6 Å². The van der Waals surface area contributed by atoms with E-state index in [0.717, 1.165) is 0 Å². The van der Waals surface area contributed by atoms with Gasteiger partial charge in [-0.2, -0.15) is 13.2 Å². The second kappa shape index (κ2) is 9.85. The first kappa shape index (κ1) is 23.3. The number of alkyl halides is 3. The van der Waals surface area contributed by atoms with Crippen LogP contribution in [0.15, 0.2) is 30.5 Å². The zero-order chi connectivity index (χ0) is 22.6. The number of pyridine rings is 1. The minimum atomic E-state index is -4.51. The zero-order valence-corrected chi connectivity index (χ0v) is 17.8. The van der Waals surface area contributed by atoms with Crippen LogP contribution in [0.5, 0.6) is 5.75 Å². The quantitative estimate of drug-likeness (QED) is 0.498. The summed E-state index contributed by atoms with van der Waals surface area (Å²) in [6, 6.07) is 6.53.